The van der Waals surface area contributed by atoms with Gasteiger partial charge in [-0.2, -0.15) is 10.2 Å². The lowest BCUT2D eigenvalue weighted by Crippen LogP contribution is -2.43. The number of aromatic nitrogens is 4. The van der Waals surface area contributed by atoms with Crippen LogP contribution in [-0.2, 0) is 20.8 Å². The highest BCUT2D eigenvalue weighted by Gasteiger charge is 2.39. The van der Waals surface area contributed by atoms with E-state index in [0.717, 1.165) is 53.8 Å². The number of ether oxygens (including phenoxy) is 3. The van der Waals surface area contributed by atoms with Crippen molar-refractivity contribution in [2.24, 2.45) is 0 Å². The minimum atomic E-state index is -1.99. The van der Waals surface area contributed by atoms with Gasteiger partial charge in [-0.1, -0.05) is 20.8 Å². The summed E-state index contributed by atoms with van der Waals surface area (Å²) in [4.78, 5) is 0. The lowest BCUT2D eigenvalue weighted by molar-refractivity contribution is -0.0365. The van der Waals surface area contributed by atoms with E-state index >= 15 is 0 Å². The van der Waals surface area contributed by atoms with Crippen molar-refractivity contribution in [3.8, 4) is 17.0 Å². The number of aliphatic hydroxyl groups is 1. The van der Waals surface area contributed by atoms with E-state index in [1.54, 1.807) is 0 Å². The predicted molar refractivity (Wildman–Crippen MR) is 151 cm³/mol. The molecule has 0 spiro atoms. The molecule has 1 aliphatic heterocycles. The molecule has 9 nitrogen and oxygen atoms in total. The Labute approximate surface area is 227 Å². The van der Waals surface area contributed by atoms with E-state index in [1.165, 1.54) is 0 Å². The van der Waals surface area contributed by atoms with Crippen molar-refractivity contribution in [3.63, 3.8) is 0 Å². The fraction of sp³-hybridized carbons (Fsp3) is 0.643. The van der Waals surface area contributed by atoms with Gasteiger partial charge >= 0.3 is 0 Å². The van der Waals surface area contributed by atoms with E-state index in [1.807, 2.05) is 28.7 Å². The van der Waals surface area contributed by atoms with E-state index in [4.69, 9.17) is 28.8 Å². The lowest BCUT2D eigenvalue weighted by Gasteiger charge is -2.36. The number of rotatable bonds is 12. The average molecular weight is 545 g/mol. The third-order valence-corrected chi connectivity index (χ3v) is 11.9. The van der Waals surface area contributed by atoms with Gasteiger partial charge in [0.05, 0.1) is 50.8 Å². The topological polar surface area (TPSA) is 92.8 Å². The van der Waals surface area contributed by atoms with Crippen LogP contribution in [0.1, 0.15) is 53.2 Å². The fourth-order valence-corrected chi connectivity index (χ4v) is 5.38. The Morgan fingerprint density at radius 1 is 1.18 bits per heavy atom. The minimum Gasteiger partial charge on any atom is -0.543 e. The molecule has 210 valence electrons. The van der Waals surface area contributed by atoms with Gasteiger partial charge in [0.15, 0.2) is 6.23 Å². The predicted octanol–water partition coefficient (Wildman–Crippen LogP) is 5.40. The highest BCUT2D eigenvalue weighted by Crippen LogP contribution is 2.39. The van der Waals surface area contributed by atoms with Gasteiger partial charge < -0.3 is 23.7 Å². The second kappa shape index (κ2) is 12.3. The van der Waals surface area contributed by atoms with Gasteiger partial charge in [0.2, 0.25) is 8.32 Å². The molecule has 1 N–H and O–H groups in total. The molecule has 2 aromatic heterocycles. The Morgan fingerprint density at radius 2 is 2.00 bits per heavy atom. The summed E-state index contributed by atoms with van der Waals surface area (Å²) in [5.41, 5.74) is 2.88. The number of aliphatic hydroxyl groups excluding tert-OH is 1. The maximum atomic E-state index is 8.81. The third-order valence-electron chi connectivity index (χ3n) is 7.50. The maximum Gasteiger partial charge on any atom is 0.250 e. The molecular weight excluding hydrogens is 500 g/mol. The number of nitrogens with zero attached hydrogens (tertiary/aromatic N) is 4. The molecule has 1 fully saturated rings. The molecule has 0 aliphatic carbocycles. The van der Waals surface area contributed by atoms with Gasteiger partial charge in [0.25, 0.3) is 0 Å². The van der Waals surface area contributed by atoms with E-state index < -0.39 is 8.32 Å². The van der Waals surface area contributed by atoms with Crippen molar-refractivity contribution in [3.05, 3.63) is 30.6 Å². The smallest absolute Gasteiger partial charge is 0.250 e. The van der Waals surface area contributed by atoms with Crippen molar-refractivity contribution in [1.29, 1.82) is 0 Å². The summed E-state index contributed by atoms with van der Waals surface area (Å²) in [7, 11) is -1.99. The molecule has 1 saturated heterocycles. The maximum absolute atomic E-state index is 8.81. The first-order chi connectivity index (χ1) is 18.1. The highest BCUT2D eigenvalue weighted by atomic mass is 28.4. The van der Waals surface area contributed by atoms with Crippen LogP contribution in [0.25, 0.3) is 22.2 Å². The van der Waals surface area contributed by atoms with Crippen LogP contribution in [0.15, 0.2) is 30.6 Å². The van der Waals surface area contributed by atoms with Crippen LogP contribution in [0.5, 0.6) is 5.75 Å². The normalized spacial score (nSPS) is 17.7. The van der Waals surface area contributed by atoms with Crippen molar-refractivity contribution in [1.82, 2.24) is 19.6 Å². The number of hydrogen-bond acceptors (Lipinski definition) is 7. The van der Waals surface area contributed by atoms with Crippen molar-refractivity contribution >= 4 is 19.2 Å². The summed E-state index contributed by atoms with van der Waals surface area (Å²) < 4.78 is 27.8. The summed E-state index contributed by atoms with van der Waals surface area (Å²) >= 11 is 0. The second-order valence-corrected chi connectivity index (χ2v) is 16.3. The van der Waals surface area contributed by atoms with Gasteiger partial charge in [-0.3, -0.25) is 4.68 Å². The quantitative estimate of drug-likeness (QED) is 0.241. The van der Waals surface area contributed by atoms with Gasteiger partial charge in [-0.15, -0.1) is 0 Å². The first-order valence-electron chi connectivity index (χ1n) is 13.7. The monoisotopic (exact) mass is 544 g/mol. The standard InChI is InChI=1S/C28H44N4O5Si/c1-21(35-16-15-34-14-12-33)19-31-20-22(18-29-31)27-24-17-23(37-38(5,6)28(2,3)4)10-11-25(24)32(30-27)26-9-7-8-13-36-26/h10-11,17-18,20-21,26,33H,7-9,12-16,19H2,1-6H3. The lowest BCUT2D eigenvalue weighted by atomic mass is 10.1. The summed E-state index contributed by atoms with van der Waals surface area (Å²) in [5.74, 6) is 0.882. The van der Waals surface area contributed by atoms with E-state index in [0.29, 0.717) is 26.4 Å². The van der Waals surface area contributed by atoms with E-state index in [-0.39, 0.29) is 24.0 Å². The van der Waals surface area contributed by atoms with E-state index in [9.17, 15) is 0 Å². The molecule has 0 saturated carbocycles. The number of benzene rings is 1. The summed E-state index contributed by atoms with van der Waals surface area (Å²) in [6.07, 6.45) is 6.97. The summed E-state index contributed by atoms with van der Waals surface area (Å²) in [6.45, 7) is 16.0. The van der Waals surface area contributed by atoms with Crippen LogP contribution in [0.4, 0.5) is 0 Å². The molecule has 0 amide bonds. The Morgan fingerprint density at radius 3 is 2.71 bits per heavy atom. The molecule has 2 unspecified atom stereocenters. The highest BCUT2D eigenvalue weighted by molar-refractivity contribution is 6.74. The van der Waals surface area contributed by atoms with Gasteiger partial charge in [0, 0.05) is 23.8 Å². The fourth-order valence-electron chi connectivity index (χ4n) is 4.36. The SMILES string of the molecule is CC(Cn1cc(-c2nn(C3CCCCO3)c3ccc(O[Si](C)(C)C(C)(C)C)cc23)cn1)OCCOCCO. The van der Waals surface area contributed by atoms with Crippen molar-refractivity contribution in [2.45, 2.75) is 84.0 Å². The Bertz CT molecular complexity index is 1180. The molecular formula is C28H44N4O5Si. The molecule has 38 heavy (non-hydrogen) atoms. The average Bonchev–Trinajstić information content (AvgIpc) is 3.48. The van der Waals surface area contributed by atoms with Crippen molar-refractivity contribution < 1.29 is 23.7 Å². The molecule has 4 rings (SSSR count). The molecule has 2 atom stereocenters. The summed E-state index contributed by atoms with van der Waals surface area (Å²) in [5, 5.41) is 19.6. The number of fused-ring (bicyclic) bond motifs is 1. The van der Waals surface area contributed by atoms with Crippen LogP contribution in [0.3, 0.4) is 0 Å². The zero-order valence-electron chi connectivity index (χ0n) is 23.8. The van der Waals surface area contributed by atoms with Gasteiger partial charge in [-0.25, -0.2) is 4.68 Å². The molecule has 1 aromatic carbocycles. The van der Waals surface area contributed by atoms with Crippen LogP contribution < -0.4 is 4.43 Å². The molecule has 1 aliphatic rings. The first-order valence-corrected chi connectivity index (χ1v) is 16.7. The largest absolute Gasteiger partial charge is 0.543 e. The zero-order chi connectivity index (χ0) is 27.3. The van der Waals surface area contributed by atoms with Crippen LogP contribution in [-0.4, -0.2) is 72.1 Å². The molecule has 0 radical (unpaired) electrons. The summed E-state index contributed by atoms with van der Waals surface area (Å²) in [6, 6.07) is 6.32. The Kier molecular flexibility index (Phi) is 9.30. The van der Waals surface area contributed by atoms with Gasteiger partial charge in [-0.05, 0) is 62.5 Å². The Hall–Kier alpha value is -2.24. The molecule has 3 heterocycles. The van der Waals surface area contributed by atoms with Crippen LogP contribution >= 0.6 is 0 Å². The molecule has 3 aromatic rings. The second-order valence-electron chi connectivity index (χ2n) is 11.6. The van der Waals surface area contributed by atoms with Crippen molar-refractivity contribution in [2.75, 3.05) is 33.0 Å². The molecule has 0 bridgehead atoms. The molecule has 10 heteroatoms. The zero-order valence-corrected chi connectivity index (χ0v) is 24.8. The number of hydrogen-bond donors (Lipinski definition) is 1. The van der Waals surface area contributed by atoms with E-state index in [2.05, 4.69) is 57.2 Å². The Balaban J connectivity index is 1.60. The van der Waals surface area contributed by atoms with Gasteiger partial charge in [0.1, 0.15) is 11.4 Å². The van der Waals surface area contributed by atoms with Crippen LogP contribution in [0.2, 0.25) is 18.1 Å². The van der Waals surface area contributed by atoms with Crippen LogP contribution in [0, 0.1) is 0 Å². The first kappa shape index (κ1) is 28.8. The third kappa shape index (κ3) is 6.84. The minimum absolute atomic E-state index is 0.0207.